The third-order valence-corrected chi connectivity index (χ3v) is 5.81. The van der Waals surface area contributed by atoms with E-state index >= 15 is 0 Å². The molecule has 2 N–H and O–H groups in total. The van der Waals surface area contributed by atoms with Crippen LogP contribution in [0.1, 0.15) is 28.7 Å². The van der Waals surface area contributed by atoms with Crippen molar-refractivity contribution in [1.29, 1.82) is 0 Å². The van der Waals surface area contributed by atoms with E-state index in [9.17, 15) is 19.5 Å². The van der Waals surface area contributed by atoms with Gasteiger partial charge in [-0.2, -0.15) is 5.10 Å². The van der Waals surface area contributed by atoms with Crippen LogP contribution >= 0.6 is 11.8 Å². The number of carbonyl (C=O) groups excluding carboxylic acids is 2. The average molecular weight is 350 g/mol. The number of hydrogen-bond acceptors (Lipinski definition) is 5. The van der Waals surface area contributed by atoms with Crippen molar-refractivity contribution >= 4 is 29.5 Å². The highest BCUT2D eigenvalue weighted by Crippen LogP contribution is 2.40. The molecule has 0 aromatic carbocycles. The SMILES string of the molecule is CC1=C(C(=O)O)N2C(=O)[C@@H](NC(=O)c3c(C)nn(C)c3C)[C@@H]2SC1. The summed E-state index contributed by atoms with van der Waals surface area (Å²) >= 11 is 1.45. The van der Waals surface area contributed by atoms with E-state index < -0.39 is 17.9 Å². The molecule has 2 atom stereocenters. The van der Waals surface area contributed by atoms with Gasteiger partial charge in [-0.1, -0.05) is 0 Å². The van der Waals surface area contributed by atoms with Crippen molar-refractivity contribution in [2.24, 2.45) is 7.05 Å². The fourth-order valence-electron chi connectivity index (χ4n) is 3.09. The third-order valence-electron chi connectivity index (χ3n) is 4.38. The number of carboxylic acid groups (broad SMARTS) is 1. The predicted octanol–water partition coefficient (Wildman–Crippen LogP) is 0.409. The monoisotopic (exact) mass is 350 g/mol. The number of aromatic nitrogens is 2. The van der Waals surface area contributed by atoms with Gasteiger partial charge in [0.05, 0.1) is 11.3 Å². The van der Waals surface area contributed by atoms with Crippen LogP contribution in [0.15, 0.2) is 11.3 Å². The molecular formula is C15H18N4O4S. The topological polar surface area (TPSA) is 105 Å². The van der Waals surface area contributed by atoms with Gasteiger partial charge in [0.15, 0.2) is 0 Å². The lowest BCUT2D eigenvalue weighted by atomic mass is 10.0. The van der Waals surface area contributed by atoms with E-state index in [0.29, 0.717) is 28.3 Å². The van der Waals surface area contributed by atoms with Crippen molar-refractivity contribution in [3.63, 3.8) is 0 Å². The van der Waals surface area contributed by atoms with Gasteiger partial charge in [-0.25, -0.2) is 4.79 Å². The summed E-state index contributed by atoms with van der Waals surface area (Å²) < 4.78 is 1.61. The second-order valence-electron chi connectivity index (χ2n) is 5.96. The van der Waals surface area contributed by atoms with Crippen molar-refractivity contribution in [3.05, 3.63) is 28.2 Å². The van der Waals surface area contributed by atoms with Crippen LogP contribution in [0.25, 0.3) is 0 Å². The second-order valence-corrected chi connectivity index (χ2v) is 7.07. The summed E-state index contributed by atoms with van der Waals surface area (Å²) in [5, 5.41) is 15.9. The summed E-state index contributed by atoms with van der Waals surface area (Å²) in [6, 6.07) is -0.719. The predicted molar refractivity (Wildman–Crippen MR) is 87.4 cm³/mol. The summed E-state index contributed by atoms with van der Waals surface area (Å²) in [4.78, 5) is 37.6. The van der Waals surface area contributed by atoms with Crippen LogP contribution in [0.4, 0.5) is 0 Å². The molecular weight excluding hydrogens is 332 g/mol. The summed E-state index contributed by atoms with van der Waals surface area (Å²) in [6.45, 7) is 5.23. The van der Waals surface area contributed by atoms with Crippen LogP contribution in [-0.4, -0.2) is 54.7 Å². The van der Waals surface area contributed by atoms with Crippen LogP contribution in [-0.2, 0) is 16.6 Å². The minimum absolute atomic E-state index is 0.0305. The lowest BCUT2D eigenvalue weighted by Crippen LogP contribution is -2.70. The normalized spacial score (nSPS) is 23.0. The molecule has 0 spiro atoms. The number of nitrogens with zero attached hydrogens (tertiary/aromatic N) is 3. The number of aliphatic carboxylic acids is 1. The molecule has 2 amide bonds. The summed E-state index contributed by atoms with van der Waals surface area (Å²) in [7, 11) is 1.75. The van der Waals surface area contributed by atoms with Crippen molar-refractivity contribution < 1.29 is 19.5 Å². The van der Waals surface area contributed by atoms with Crippen molar-refractivity contribution in [2.75, 3.05) is 5.75 Å². The van der Waals surface area contributed by atoms with Crippen LogP contribution in [0.3, 0.4) is 0 Å². The smallest absolute Gasteiger partial charge is 0.352 e. The number of fused-ring (bicyclic) bond motifs is 1. The van der Waals surface area contributed by atoms with Crippen molar-refractivity contribution in [3.8, 4) is 0 Å². The summed E-state index contributed by atoms with van der Waals surface area (Å²) in [6.07, 6.45) is 0. The van der Waals surface area contributed by atoms with Gasteiger partial charge in [0.25, 0.3) is 11.8 Å². The van der Waals surface area contributed by atoms with Gasteiger partial charge >= 0.3 is 5.97 Å². The van der Waals surface area contributed by atoms with Gasteiger partial charge in [-0.15, -0.1) is 11.8 Å². The Hall–Kier alpha value is -2.29. The molecule has 8 nitrogen and oxygen atoms in total. The van der Waals surface area contributed by atoms with E-state index in [-0.39, 0.29) is 17.0 Å². The molecule has 1 aromatic heterocycles. The van der Waals surface area contributed by atoms with E-state index in [2.05, 4.69) is 10.4 Å². The van der Waals surface area contributed by atoms with Crippen LogP contribution in [0, 0.1) is 13.8 Å². The number of β-lactam (4-membered cyclic amide) rings is 1. The molecule has 2 aliphatic heterocycles. The first-order valence-corrected chi connectivity index (χ1v) is 8.47. The van der Waals surface area contributed by atoms with E-state index in [4.69, 9.17) is 0 Å². The number of thioether (sulfide) groups is 1. The number of carbonyl (C=O) groups is 3. The first-order chi connectivity index (χ1) is 11.2. The quantitative estimate of drug-likeness (QED) is 0.765. The third kappa shape index (κ3) is 2.31. The highest BCUT2D eigenvalue weighted by atomic mass is 32.2. The van der Waals surface area contributed by atoms with Gasteiger partial charge in [0.2, 0.25) is 0 Å². The zero-order valence-corrected chi connectivity index (χ0v) is 14.6. The fourth-order valence-corrected chi connectivity index (χ4v) is 4.38. The largest absolute Gasteiger partial charge is 0.477 e. The molecule has 1 saturated heterocycles. The molecule has 0 bridgehead atoms. The minimum Gasteiger partial charge on any atom is -0.477 e. The molecule has 9 heteroatoms. The van der Waals surface area contributed by atoms with E-state index in [0.717, 1.165) is 0 Å². The highest BCUT2D eigenvalue weighted by Gasteiger charge is 2.53. The Bertz CT molecular complexity index is 798. The number of aryl methyl sites for hydroxylation is 2. The molecule has 0 aliphatic carbocycles. The number of rotatable bonds is 3. The van der Waals surface area contributed by atoms with Crippen LogP contribution < -0.4 is 5.32 Å². The Morgan fingerprint density at radius 3 is 2.54 bits per heavy atom. The zero-order valence-electron chi connectivity index (χ0n) is 13.8. The fraction of sp³-hybridized carbons (Fsp3) is 0.467. The molecule has 0 radical (unpaired) electrons. The van der Waals surface area contributed by atoms with E-state index in [1.54, 1.807) is 32.5 Å². The summed E-state index contributed by atoms with van der Waals surface area (Å²) in [5.74, 6) is -1.35. The second kappa shape index (κ2) is 5.66. The summed E-state index contributed by atoms with van der Waals surface area (Å²) in [5.41, 5.74) is 2.44. The molecule has 3 heterocycles. The Kier molecular flexibility index (Phi) is 3.90. The van der Waals surface area contributed by atoms with Gasteiger partial charge < -0.3 is 10.4 Å². The van der Waals surface area contributed by atoms with Crippen molar-refractivity contribution in [1.82, 2.24) is 20.0 Å². The number of amides is 2. The Morgan fingerprint density at radius 2 is 2.00 bits per heavy atom. The van der Waals surface area contributed by atoms with Crippen LogP contribution in [0.2, 0.25) is 0 Å². The van der Waals surface area contributed by atoms with E-state index in [1.165, 1.54) is 16.7 Å². The van der Waals surface area contributed by atoms with Gasteiger partial charge in [0.1, 0.15) is 17.1 Å². The lowest BCUT2D eigenvalue weighted by Gasteiger charge is -2.49. The highest BCUT2D eigenvalue weighted by molar-refractivity contribution is 8.00. The maximum absolute atomic E-state index is 12.5. The standard InChI is InChI=1S/C15H18N4O4S/c1-6-5-24-14-10(13(21)19(14)11(6)15(22)23)16-12(20)9-7(2)17-18(4)8(9)3/h10,14H,5H2,1-4H3,(H,16,20)(H,22,23)/t10-,14+/m1/s1. The van der Waals surface area contributed by atoms with Gasteiger partial charge in [-0.3, -0.25) is 19.2 Å². The number of hydrogen-bond donors (Lipinski definition) is 2. The van der Waals surface area contributed by atoms with Crippen molar-refractivity contribution in [2.45, 2.75) is 32.2 Å². The van der Waals surface area contributed by atoms with Gasteiger partial charge in [-0.05, 0) is 26.3 Å². The first-order valence-electron chi connectivity index (χ1n) is 7.42. The Labute approximate surface area is 142 Å². The zero-order chi connectivity index (χ0) is 17.8. The molecule has 1 fully saturated rings. The minimum atomic E-state index is -1.12. The molecule has 1 aromatic rings. The maximum atomic E-state index is 12.5. The molecule has 0 unspecified atom stereocenters. The van der Waals surface area contributed by atoms with Crippen LogP contribution in [0.5, 0.6) is 0 Å². The molecule has 24 heavy (non-hydrogen) atoms. The molecule has 0 saturated carbocycles. The molecule has 128 valence electrons. The lowest BCUT2D eigenvalue weighted by molar-refractivity contribution is -0.148. The molecule has 2 aliphatic rings. The Balaban J connectivity index is 1.81. The van der Waals surface area contributed by atoms with E-state index in [1.807, 2.05) is 0 Å². The first kappa shape index (κ1) is 16.6. The van der Waals surface area contributed by atoms with Gasteiger partial charge in [0, 0.05) is 18.5 Å². The average Bonchev–Trinajstić information content (AvgIpc) is 2.76. The number of carboxylic acids is 1. The molecule has 3 rings (SSSR count). The maximum Gasteiger partial charge on any atom is 0.352 e. The number of nitrogens with one attached hydrogen (secondary N) is 1. The Morgan fingerprint density at radius 1 is 1.33 bits per heavy atom.